The average Bonchev–Trinajstić information content (AvgIpc) is 2.54. The first-order valence-corrected chi connectivity index (χ1v) is 8.63. The Morgan fingerprint density at radius 3 is 2.04 bits per heavy atom. The van der Waals surface area contributed by atoms with E-state index < -0.39 is 0 Å². The highest BCUT2D eigenvalue weighted by Gasteiger charge is 2.03. The minimum atomic E-state index is 0.780. The fourth-order valence-corrected chi connectivity index (χ4v) is 2.75. The molecular weight excluding hydrogens is 278 g/mol. The smallest absolute Gasteiger partial charge is 0.0314 e. The van der Waals surface area contributed by atoms with E-state index in [2.05, 4.69) is 63.2 Å². The summed E-state index contributed by atoms with van der Waals surface area (Å²) in [6.07, 6.45) is 7.27. The van der Waals surface area contributed by atoms with Gasteiger partial charge in [-0.2, -0.15) is 0 Å². The summed E-state index contributed by atoms with van der Waals surface area (Å²) in [6.45, 7) is 6.71. The van der Waals surface area contributed by atoms with Gasteiger partial charge in [0, 0.05) is 5.69 Å². The van der Waals surface area contributed by atoms with Gasteiger partial charge in [0.15, 0.2) is 0 Å². The molecule has 23 heavy (non-hydrogen) atoms. The Bertz CT molecular complexity index is 616. The van der Waals surface area contributed by atoms with Gasteiger partial charge < -0.3 is 5.73 Å². The fourth-order valence-electron chi connectivity index (χ4n) is 2.75. The summed E-state index contributed by atoms with van der Waals surface area (Å²) >= 11 is 0. The third kappa shape index (κ3) is 5.94. The van der Waals surface area contributed by atoms with Crippen molar-refractivity contribution in [1.29, 1.82) is 0 Å². The van der Waals surface area contributed by atoms with Crippen LogP contribution in [0.4, 0.5) is 5.69 Å². The van der Waals surface area contributed by atoms with Gasteiger partial charge in [0.2, 0.25) is 0 Å². The summed E-state index contributed by atoms with van der Waals surface area (Å²) in [5.74, 6) is 0.780. The van der Waals surface area contributed by atoms with Gasteiger partial charge in [-0.3, -0.25) is 0 Å². The maximum absolute atomic E-state index is 5.74. The standard InChI is InChI=1S/C22H29N/c1-17(2)5-4-6-18(3)7-8-19-9-11-20(12-10-19)21-13-15-22(23)16-14-21/h5,9-16,18H,4,6-8,23H2,1-3H3/t18-/m0/s1. The molecule has 122 valence electrons. The number of aryl methyl sites for hydroxylation is 1. The first-order chi connectivity index (χ1) is 11.0. The largest absolute Gasteiger partial charge is 0.399 e. The van der Waals surface area contributed by atoms with Crippen molar-refractivity contribution in [2.45, 2.75) is 46.5 Å². The lowest BCUT2D eigenvalue weighted by molar-refractivity contribution is 0.497. The molecule has 1 heteroatoms. The molecule has 2 aromatic carbocycles. The molecule has 0 aliphatic heterocycles. The van der Waals surface area contributed by atoms with E-state index in [1.165, 1.54) is 41.5 Å². The number of hydrogen-bond acceptors (Lipinski definition) is 1. The molecule has 0 spiro atoms. The number of hydrogen-bond donors (Lipinski definition) is 1. The van der Waals surface area contributed by atoms with Crippen LogP contribution in [0.25, 0.3) is 11.1 Å². The summed E-state index contributed by atoms with van der Waals surface area (Å²) in [6, 6.07) is 17.0. The summed E-state index contributed by atoms with van der Waals surface area (Å²) < 4.78 is 0. The highest BCUT2D eigenvalue weighted by molar-refractivity contribution is 5.65. The van der Waals surface area contributed by atoms with Crippen LogP contribution >= 0.6 is 0 Å². The Morgan fingerprint density at radius 1 is 0.913 bits per heavy atom. The highest BCUT2D eigenvalue weighted by Crippen LogP contribution is 2.22. The van der Waals surface area contributed by atoms with Gasteiger partial charge in [-0.1, -0.05) is 55.0 Å². The molecule has 2 N–H and O–H groups in total. The number of anilines is 1. The first-order valence-electron chi connectivity index (χ1n) is 8.63. The van der Waals surface area contributed by atoms with Crippen LogP contribution in [0, 0.1) is 5.92 Å². The van der Waals surface area contributed by atoms with Gasteiger partial charge in [-0.25, -0.2) is 0 Å². The van der Waals surface area contributed by atoms with Crippen molar-refractivity contribution in [3.05, 3.63) is 65.7 Å². The van der Waals surface area contributed by atoms with Gasteiger partial charge in [-0.15, -0.1) is 0 Å². The van der Waals surface area contributed by atoms with Crippen LogP contribution < -0.4 is 5.73 Å². The van der Waals surface area contributed by atoms with Gasteiger partial charge in [0.25, 0.3) is 0 Å². The van der Waals surface area contributed by atoms with Gasteiger partial charge >= 0.3 is 0 Å². The van der Waals surface area contributed by atoms with Gasteiger partial charge in [-0.05, 0) is 74.3 Å². The molecule has 0 aromatic heterocycles. The van der Waals surface area contributed by atoms with Crippen molar-refractivity contribution in [2.24, 2.45) is 5.92 Å². The lowest BCUT2D eigenvalue weighted by atomic mass is 9.95. The molecule has 0 aliphatic carbocycles. The number of nitrogens with two attached hydrogens (primary N) is 1. The minimum absolute atomic E-state index is 0.780. The molecule has 1 nitrogen and oxygen atoms in total. The lowest BCUT2D eigenvalue weighted by Crippen LogP contribution is -1.97. The molecule has 0 heterocycles. The van der Waals surface area contributed by atoms with Crippen molar-refractivity contribution in [1.82, 2.24) is 0 Å². The van der Waals surface area contributed by atoms with E-state index in [4.69, 9.17) is 5.73 Å². The van der Waals surface area contributed by atoms with Crippen LogP contribution in [0.1, 0.15) is 45.6 Å². The minimum Gasteiger partial charge on any atom is -0.399 e. The SMILES string of the molecule is CC(C)=CCC[C@H](C)CCc1ccc(-c2ccc(N)cc2)cc1. The van der Waals surface area contributed by atoms with E-state index in [9.17, 15) is 0 Å². The Balaban J connectivity index is 1.85. The number of benzene rings is 2. The lowest BCUT2D eigenvalue weighted by Gasteiger charge is -2.10. The summed E-state index contributed by atoms with van der Waals surface area (Å²) in [4.78, 5) is 0. The molecule has 0 saturated heterocycles. The molecule has 0 radical (unpaired) electrons. The molecular formula is C22H29N. The predicted octanol–water partition coefficient (Wildman–Crippen LogP) is 6.25. The normalized spacial score (nSPS) is 12.0. The number of allylic oxidation sites excluding steroid dienone is 2. The van der Waals surface area contributed by atoms with Crippen molar-refractivity contribution < 1.29 is 0 Å². The van der Waals surface area contributed by atoms with Crippen molar-refractivity contribution >= 4 is 5.69 Å². The molecule has 0 fully saturated rings. The zero-order valence-corrected chi connectivity index (χ0v) is 14.7. The third-order valence-electron chi connectivity index (χ3n) is 4.34. The van der Waals surface area contributed by atoms with Crippen LogP contribution in [0.2, 0.25) is 0 Å². The average molecular weight is 307 g/mol. The molecule has 0 aliphatic rings. The van der Waals surface area contributed by atoms with E-state index in [0.717, 1.165) is 18.0 Å². The monoisotopic (exact) mass is 307 g/mol. The predicted molar refractivity (Wildman–Crippen MR) is 102 cm³/mol. The molecule has 2 aromatic rings. The van der Waals surface area contributed by atoms with Crippen LogP contribution in [-0.4, -0.2) is 0 Å². The quantitative estimate of drug-likeness (QED) is 0.475. The van der Waals surface area contributed by atoms with Crippen molar-refractivity contribution in [3.63, 3.8) is 0 Å². The van der Waals surface area contributed by atoms with E-state index in [1.807, 2.05) is 12.1 Å². The first kappa shape index (κ1) is 17.3. The zero-order chi connectivity index (χ0) is 16.7. The van der Waals surface area contributed by atoms with E-state index in [-0.39, 0.29) is 0 Å². The second-order valence-corrected chi connectivity index (χ2v) is 6.82. The number of rotatable bonds is 7. The molecule has 1 atom stereocenters. The molecule has 2 rings (SSSR count). The van der Waals surface area contributed by atoms with Gasteiger partial charge in [0.1, 0.15) is 0 Å². The van der Waals surface area contributed by atoms with Crippen LogP contribution in [0.15, 0.2) is 60.2 Å². The van der Waals surface area contributed by atoms with Gasteiger partial charge in [0.05, 0.1) is 0 Å². The van der Waals surface area contributed by atoms with Crippen LogP contribution in [0.5, 0.6) is 0 Å². The van der Waals surface area contributed by atoms with Crippen LogP contribution in [0.3, 0.4) is 0 Å². The highest BCUT2D eigenvalue weighted by atomic mass is 14.5. The Kier molecular flexibility index (Phi) is 6.46. The molecule has 0 amide bonds. The summed E-state index contributed by atoms with van der Waals surface area (Å²) in [5, 5.41) is 0. The second kappa shape index (κ2) is 8.57. The van der Waals surface area contributed by atoms with E-state index in [1.54, 1.807) is 0 Å². The fraction of sp³-hybridized carbons (Fsp3) is 0.364. The Morgan fingerprint density at radius 2 is 1.48 bits per heavy atom. The Hall–Kier alpha value is -2.02. The Labute approximate surface area is 141 Å². The van der Waals surface area contributed by atoms with E-state index in [0.29, 0.717) is 0 Å². The maximum Gasteiger partial charge on any atom is 0.0314 e. The van der Waals surface area contributed by atoms with Crippen molar-refractivity contribution in [3.8, 4) is 11.1 Å². The summed E-state index contributed by atoms with van der Waals surface area (Å²) in [5.41, 5.74) is 11.9. The molecule has 0 bridgehead atoms. The van der Waals surface area contributed by atoms with Crippen LogP contribution in [-0.2, 0) is 6.42 Å². The molecule has 0 saturated carbocycles. The van der Waals surface area contributed by atoms with E-state index >= 15 is 0 Å². The summed E-state index contributed by atoms with van der Waals surface area (Å²) in [7, 11) is 0. The second-order valence-electron chi connectivity index (χ2n) is 6.82. The number of nitrogen functional groups attached to an aromatic ring is 1. The molecule has 0 unspecified atom stereocenters. The maximum atomic E-state index is 5.74. The third-order valence-corrected chi connectivity index (χ3v) is 4.34. The topological polar surface area (TPSA) is 26.0 Å². The zero-order valence-electron chi connectivity index (χ0n) is 14.7. The van der Waals surface area contributed by atoms with Crippen molar-refractivity contribution in [2.75, 3.05) is 5.73 Å².